The maximum Gasteiger partial charge on any atom is 0.255 e. The van der Waals surface area contributed by atoms with Gasteiger partial charge in [0.2, 0.25) is 0 Å². The Morgan fingerprint density at radius 1 is 1.21 bits per heavy atom. The second kappa shape index (κ2) is 5.24. The summed E-state index contributed by atoms with van der Waals surface area (Å²) in [7, 11) is 0. The van der Waals surface area contributed by atoms with E-state index in [1.807, 2.05) is 0 Å². The fourth-order valence-corrected chi connectivity index (χ4v) is 1.62. The van der Waals surface area contributed by atoms with Crippen molar-refractivity contribution in [3.05, 3.63) is 58.6 Å². The largest absolute Gasteiger partial charge is 0.506 e. The summed E-state index contributed by atoms with van der Waals surface area (Å²) in [6, 6.07) is 7.23. The van der Waals surface area contributed by atoms with Crippen LogP contribution in [0.25, 0.3) is 0 Å². The molecule has 0 saturated carbocycles. The van der Waals surface area contributed by atoms with Crippen LogP contribution in [0.5, 0.6) is 5.75 Å². The summed E-state index contributed by atoms with van der Waals surface area (Å²) >= 11 is 5.65. The van der Waals surface area contributed by atoms with Crippen molar-refractivity contribution in [3.63, 3.8) is 0 Å². The first-order valence-electron chi connectivity index (χ1n) is 5.23. The summed E-state index contributed by atoms with van der Waals surface area (Å²) in [5, 5.41) is 11.4. The summed E-state index contributed by atoms with van der Waals surface area (Å²) in [5.74, 6) is -3.02. The van der Waals surface area contributed by atoms with Gasteiger partial charge in [-0.25, -0.2) is 8.78 Å². The molecule has 0 heterocycles. The van der Waals surface area contributed by atoms with Gasteiger partial charge in [0.1, 0.15) is 5.75 Å². The van der Waals surface area contributed by atoms with Crippen molar-refractivity contribution in [1.82, 2.24) is 0 Å². The second-order valence-electron chi connectivity index (χ2n) is 3.72. The average Bonchev–Trinajstić information content (AvgIpc) is 2.38. The lowest BCUT2D eigenvalue weighted by atomic mass is 10.2. The molecular weight excluding hydrogens is 276 g/mol. The van der Waals surface area contributed by atoms with Gasteiger partial charge >= 0.3 is 0 Å². The molecule has 98 valence electrons. The Kier molecular flexibility index (Phi) is 3.66. The lowest BCUT2D eigenvalue weighted by Gasteiger charge is -2.07. The smallest absolute Gasteiger partial charge is 0.255 e. The number of anilines is 1. The normalized spacial score (nSPS) is 10.3. The highest BCUT2D eigenvalue weighted by atomic mass is 35.5. The molecule has 0 aliphatic rings. The van der Waals surface area contributed by atoms with Gasteiger partial charge in [-0.1, -0.05) is 17.7 Å². The molecule has 3 nitrogen and oxygen atoms in total. The van der Waals surface area contributed by atoms with Crippen molar-refractivity contribution in [3.8, 4) is 5.75 Å². The summed E-state index contributed by atoms with van der Waals surface area (Å²) in [4.78, 5) is 11.8. The predicted octanol–water partition coefficient (Wildman–Crippen LogP) is 3.58. The molecule has 0 aromatic heterocycles. The van der Waals surface area contributed by atoms with E-state index in [-0.39, 0.29) is 22.0 Å². The van der Waals surface area contributed by atoms with E-state index in [2.05, 4.69) is 5.32 Å². The Hall–Kier alpha value is -2.14. The standard InChI is InChI=1S/C13H8ClF2NO2/c14-8-6-7(4-5-11(8)18)13(19)17-10-3-1-2-9(15)12(10)16/h1-6,18H,(H,17,19). The molecule has 0 spiro atoms. The molecular formula is C13H8ClF2NO2. The number of carbonyl (C=O) groups is 1. The van der Waals surface area contributed by atoms with Gasteiger partial charge in [0.05, 0.1) is 10.7 Å². The average molecular weight is 284 g/mol. The van der Waals surface area contributed by atoms with Crippen molar-refractivity contribution >= 4 is 23.2 Å². The van der Waals surface area contributed by atoms with Gasteiger partial charge < -0.3 is 10.4 Å². The summed E-state index contributed by atoms with van der Waals surface area (Å²) in [6.45, 7) is 0. The predicted molar refractivity (Wildman–Crippen MR) is 67.4 cm³/mol. The fraction of sp³-hybridized carbons (Fsp3) is 0. The fourth-order valence-electron chi connectivity index (χ4n) is 1.44. The molecule has 0 fully saturated rings. The van der Waals surface area contributed by atoms with E-state index in [1.54, 1.807) is 0 Å². The van der Waals surface area contributed by atoms with Crippen LogP contribution in [0.2, 0.25) is 5.02 Å². The van der Waals surface area contributed by atoms with Gasteiger partial charge in [-0.2, -0.15) is 0 Å². The van der Waals surface area contributed by atoms with Crippen LogP contribution in [0.1, 0.15) is 10.4 Å². The van der Waals surface area contributed by atoms with E-state index in [1.165, 1.54) is 30.3 Å². The number of rotatable bonds is 2. The maximum absolute atomic E-state index is 13.4. The van der Waals surface area contributed by atoms with Crippen LogP contribution in [0, 0.1) is 11.6 Å². The number of benzene rings is 2. The zero-order chi connectivity index (χ0) is 14.0. The van der Waals surface area contributed by atoms with Crippen molar-refractivity contribution in [2.45, 2.75) is 0 Å². The number of aromatic hydroxyl groups is 1. The highest BCUT2D eigenvalue weighted by molar-refractivity contribution is 6.32. The second-order valence-corrected chi connectivity index (χ2v) is 4.13. The third-order valence-corrected chi connectivity index (χ3v) is 2.71. The maximum atomic E-state index is 13.4. The van der Waals surface area contributed by atoms with E-state index in [9.17, 15) is 18.7 Å². The quantitative estimate of drug-likeness (QED) is 0.885. The molecule has 0 aliphatic carbocycles. The summed E-state index contributed by atoms with van der Waals surface area (Å²) < 4.78 is 26.3. The van der Waals surface area contributed by atoms with E-state index in [4.69, 9.17) is 11.6 Å². The Morgan fingerprint density at radius 2 is 1.95 bits per heavy atom. The van der Waals surface area contributed by atoms with Crippen LogP contribution in [0.3, 0.4) is 0 Å². The van der Waals surface area contributed by atoms with Crippen LogP contribution in [0.15, 0.2) is 36.4 Å². The molecule has 2 N–H and O–H groups in total. The van der Waals surface area contributed by atoms with Crippen LogP contribution in [-0.2, 0) is 0 Å². The molecule has 0 atom stereocenters. The van der Waals surface area contributed by atoms with Gasteiger partial charge in [0.15, 0.2) is 11.6 Å². The Morgan fingerprint density at radius 3 is 2.63 bits per heavy atom. The molecule has 1 amide bonds. The van der Waals surface area contributed by atoms with Crippen molar-refractivity contribution in [2.24, 2.45) is 0 Å². The molecule has 2 aromatic carbocycles. The Labute approximate surface area is 112 Å². The molecule has 0 saturated heterocycles. The lowest BCUT2D eigenvalue weighted by molar-refractivity contribution is 0.102. The SMILES string of the molecule is O=C(Nc1cccc(F)c1F)c1ccc(O)c(Cl)c1. The molecule has 6 heteroatoms. The van der Waals surface area contributed by atoms with Gasteiger partial charge in [-0.05, 0) is 30.3 Å². The first-order valence-corrected chi connectivity index (χ1v) is 5.60. The first kappa shape index (κ1) is 13.3. The minimum absolute atomic E-state index is 0.00707. The summed E-state index contributed by atoms with van der Waals surface area (Å²) in [5.41, 5.74) is -0.152. The minimum atomic E-state index is -1.14. The lowest BCUT2D eigenvalue weighted by Crippen LogP contribution is -2.13. The molecule has 0 bridgehead atoms. The van der Waals surface area contributed by atoms with Gasteiger partial charge in [-0.3, -0.25) is 4.79 Å². The van der Waals surface area contributed by atoms with Crippen molar-refractivity contribution in [2.75, 3.05) is 5.32 Å². The van der Waals surface area contributed by atoms with E-state index < -0.39 is 17.5 Å². The van der Waals surface area contributed by atoms with Crippen LogP contribution < -0.4 is 5.32 Å². The highest BCUT2D eigenvalue weighted by Crippen LogP contribution is 2.24. The Bertz CT molecular complexity index is 647. The van der Waals surface area contributed by atoms with Crippen LogP contribution in [-0.4, -0.2) is 11.0 Å². The number of phenols is 1. The van der Waals surface area contributed by atoms with Crippen molar-refractivity contribution in [1.29, 1.82) is 0 Å². The van der Waals surface area contributed by atoms with E-state index >= 15 is 0 Å². The third-order valence-electron chi connectivity index (χ3n) is 2.41. The highest BCUT2D eigenvalue weighted by Gasteiger charge is 2.13. The molecule has 0 aliphatic heterocycles. The minimum Gasteiger partial charge on any atom is -0.506 e. The Balaban J connectivity index is 2.26. The molecule has 2 rings (SSSR count). The zero-order valence-corrected chi connectivity index (χ0v) is 10.2. The number of amides is 1. The van der Waals surface area contributed by atoms with Crippen LogP contribution in [0.4, 0.5) is 14.5 Å². The van der Waals surface area contributed by atoms with Crippen LogP contribution >= 0.6 is 11.6 Å². The first-order chi connectivity index (χ1) is 8.99. The van der Waals surface area contributed by atoms with E-state index in [0.717, 1.165) is 6.07 Å². The third kappa shape index (κ3) is 2.82. The molecule has 0 unspecified atom stereocenters. The number of phenolic OH excluding ortho intramolecular Hbond substituents is 1. The topological polar surface area (TPSA) is 49.3 Å². The molecule has 19 heavy (non-hydrogen) atoms. The number of hydrogen-bond acceptors (Lipinski definition) is 2. The molecule has 0 radical (unpaired) electrons. The monoisotopic (exact) mass is 283 g/mol. The van der Waals surface area contributed by atoms with Gasteiger partial charge in [0.25, 0.3) is 5.91 Å². The molecule has 2 aromatic rings. The number of halogens is 3. The van der Waals surface area contributed by atoms with Gasteiger partial charge in [-0.15, -0.1) is 0 Å². The number of hydrogen-bond donors (Lipinski definition) is 2. The van der Waals surface area contributed by atoms with Crippen molar-refractivity contribution < 1.29 is 18.7 Å². The number of nitrogens with one attached hydrogen (secondary N) is 1. The summed E-state index contributed by atoms with van der Waals surface area (Å²) in [6.07, 6.45) is 0. The number of carbonyl (C=O) groups excluding carboxylic acids is 1. The van der Waals surface area contributed by atoms with E-state index in [0.29, 0.717) is 0 Å². The zero-order valence-electron chi connectivity index (χ0n) is 9.45. The van der Waals surface area contributed by atoms with Gasteiger partial charge in [0, 0.05) is 5.56 Å².